The van der Waals surface area contributed by atoms with Crippen molar-refractivity contribution in [3.05, 3.63) is 70.7 Å². The third-order valence-electron chi connectivity index (χ3n) is 3.96. The van der Waals surface area contributed by atoms with Gasteiger partial charge in [-0.3, -0.25) is 0 Å². The summed E-state index contributed by atoms with van der Waals surface area (Å²) in [5.74, 6) is 0. The number of benzene rings is 1. The number of aryl methyl sites for hydroxylation is 3. The van der Waals surface area contributed by atoms with Crippen LogP contribution in [-0.4, -0.2) is 14.5 Å². The molecule has 21 heavy (non-hydrogen) atoms. The normalized spacial score (nSPS) is 12.8. The first-order chi connectivity index (χ1) is 10.0. The summed E-state index contributed by atoms with van der Waals surface area (Å²) in [4.78, 5) is 4.50. The van der Waals surface area contributed by atoms with Crippen molar-refractivity contribution in [3.8, 4) is 0 Å². The van der Waals surface area contributed by atoms with Crippen LogP contribution in [0.15, 0.2) is 42.7 Å². The average molecular weight is 280 g/mol. The zero-order valence-electron chi connectivity index (χ0n) is 12.7. The molecule has 0 radical (unpaired) electrons. The molecule has 0 saturated carbocycles. The van der Waals surface area contributed by atoms with E-state index in [2.05, 4.69) is 37.9 Å². The number of hydrogen-bond donors (Lipinski definition) is 1. The molecule has 0 saturated heterocycles. The van der Waals surface area contributed by atoms with E-state index in [0.29, 0.717) is 6.42 Å². The molecule has 1 N–H and O–H groups in total. The Morgan fingerprint density at radius 1 is 1.14 bits per heavy atom. The van der Waals surface area contributed by atoms with Crippen LogP contribution < -0.4 is 0 Å². The fourth-order valence-electron chi connectivity index (χ4n) is 2.94. The highest BCUT2D eigenvalue weighted by Gasteiger charge is 2.15. The summed E-state index contributed by atoms with van der Waals surface area (Å²) in [6.45, 7) is 6.31. The summed E-state index contributed by atoms with van der Waals surface area (Å²) in [5, 5.41) is 10.5. The van der Waals surface area contributed by atoms with Crippen molar-refractivity contribution in [2.24, 2.45) is 0 Å². The fraction of sp³-hybridized carbons (Fsp3) is 0.278. The van der Waals surface area contributed by atoms with Crippen molar-refractivity contribution < 1.29 is 5.11 Å². The zero-order valence-corrected chi connectivity index (χ0v) is 12.7. The van der Waals surface area contributed by atoms with Gasteiger partial charge >= 0.3 is 0 Å². The van der Waals surface area contributed by atoms with Crippen molar-refractivity contribution >= 4 is 5.65 Å². The van der Waals surface area contributed by atoms with Crippen LogP contribution in [0.5, 0.6) is 0 Å². The number of hydrogen-bond acceptors (Lipinski definition) is 2. The van der Waals surface area contributed by atoms with E-state index in [-0.39, 0.29) is 0 Å². The van der Waals surface area contributed by atoms with Crippen molar-refractivity contribution in [2.45, 2.75) is 33.3 Å². The first-order valence-corrected chi connectivity index (χ1v) is 7.23. The van der Waals surface area contributed by atoms with Gasteiger partial charge in [0, 0.05) is 18.8 Å². The minimum atomic E-state index is -0.579. The minimum absolute atomic E-state index is 0.579. The quantitative estimate of drug-likeness (QED) is 0.797. The molecule has 2 heterocycles. The number of aliphatic hydroxyl groups is 1. The van der Waals surface area contributed by atoms with E-state index >= 15 is 0 Å². The molecule has 3 nitrogen and oxygen atoms in total. The van der Waals surface area contributed by atoms with Gasteiger partial charge in [0.15, 0.2) is 0 Å². The maximum Gasteiger partial charge on any atom is 0.137 e. The van der Waals surface area contributed by atoms with Gasteiger partial charge < -0.3 is 9.51 Å². The molecular weight excluding hydrogens is 260 g/mol. The topological polar surface area (TPSA) is 37.5 Å². The minimum Gasteiger partial charge on any atom is -0.386 e. The molecule has 0 fully saturated rings. The van der Waals surface area contributed by atoms with Crippen LogP contribution in [0.3, 0.4) is 0 Å². The smallest absolute Gasteiger partial charge is 0.137 e. The summed E-state index contributed by atoms with van der Waals surface area (Å²) in [7, 11) is 0. The lowest BCUT2D eigenvalue weighted by Gasteiger charge is -2.14. The molecule has 108 valence electrons. The van der Waals surface area contributed by atoms with E-state index in [1.165, 1.54) is 22.3 Å². The zero-order chi connectivity index (χ0) is 15.0. The van der Waals surface area contributed by atoms with Crippen LogP contribution in [-0.2, 0) is 6.42 Å². The lowest BCUT2D eigenvalue weighted by atomic mass is 9.94. The summed E-state index contributed by atoms with van der Waals surface area (Å²) in [6, 6.07) is 10.2. The first-order valence-electron chi connectivity index (χ1n) is 7.23. The Labute approximate surface area is 124 Å². The molecule has 3 heteroatoms. The number of rotatable bonds is 3. The van der Waals surface area contributed by atoms with Gasteiger partial charge in [-0.15, -0.1) is 0 Å². The second kappa shape index (κ2) is 5.34. The third kappa shape index (κ3) is 2.69. The van der Waals surface area contributed by atoms with Crippen LogP contribution in [0.25, 0.3) is 5.65 Å². The number of aliphatic hydroxyl groups excluding tert-OH is 1. The Balaban J connectivity index is 1.91. The number of fused-ring (bicyclic) bond motifs is 1. The molecule has 1 atom stereocenters. The molecule has 0 aliphatic heterocycles. The van der Waals surface area contributed by atoms with Gasteiger partial charge in [0.1, 0.15) is 11.8 Å². The van der Waals surface area contributed by atoms with Crippen molar-refractivity contribution in [1.29, 1.82) is 0 Å². The van der Waals surface area contributed by atoms with E-state index in [1.807, 2.05) is 35.0 Å². The van der Waals surface area contributed by atoms with Gasteiger partial charge in [-0.2, -0.15) is 0 Å². The molecule has 0 bridgehead atoms. The van der Waals surface area contributed by atoms with Gasteiger partial charge in [0.2, 0.25) is 0 Å². The SMILES string of the molecule is Cc1cc(C)c(CC(O)c2cn3ccccc3n2)c(C)c1. The Morgan fingerprint density at radius 2 is 1.86 bits per heavy atom. The molecule has 2 aromatic heterocycles. The standard InChI is InChI=1S/C18H20N2O/c1-12-8-13(2)15(14(3)9-12)10-17(21)16-11-20-7-5-4-6-18(20)19-16/h4-9,11,17,21H,10H2,1-3H3. The maximum absolute atomic E-state index is 10.5. The third-order valence-corrected chi connectivity index (χ3v) is 3.96. The highest BCUT2D eigenvalue weighted by Crippen LogP contribution is 2.24. The highest BCUT2D eigenvalue weighted by atomic mass is 16.3. The highest BCUT2D eigenvalue weighted by molar-refractivity contribution is 5.41. The fourth-order valence-corrected chi connectivity index (χ4v) is 2.94. The van der Waals surface area contributed by atoms with Crippen LogP contribution in [0.1, 0.15) is 34.1 Å². The summed E-state index contributed by atoms with van der Waals surface area (Å²) in [5.41, 5.74) is 6.52. The van der Waals surface area contributed by atoms with Crippen molar-refractivity contribution in [3.63, 3.8) is 0 Å². The molecule has 1 unspecified atom stereocenters. The van der Waals surface area contributed by atoms with Gasteiger partial charge in [-0.25, -0.2) is 4.98 Å². The van der Waals surface area contributed by atoms with Crippen LogP contribution in [0, 0.1) is 20.8 Å². The Kier molecular flexibility index (Phi) is 3.52. The largest absolute Gasteiger partial charge is 0.386 e. The lowest BCUT2D eigenvalue weighted by molar-refractivity contribution is 0.174. The van der Waals surface area contributed by atoms with Gasteiger partial charge in [-0.05, 0) is 49.6 Å². The van der Waals surface area contributed by atoms with E-state index in [9.17, 15) is 5.11 Å². The molecule has 3 rings (SSSR count). The summed E-state index contributed by atoms with van der Waals surface area (Å²) >= 11 is 0. The molecule has 0 spiro atoms. The first kappa shape index (κ1) is 13.8. The number of pyridine rings is 1. The summed E-state index contributed by atoms with van der Waals surface area (Å²) < 4.78 is 1.94. The lowest BCUT2D eigenvalue weighted by Crippen LogP contribution is -2.05. The Bertz CT molecular complexity index is 733. The number of aromatic nitrogens is 2. The van der Waals surface area contributed by atoms with E-state index in [0.717, 1.165) is 11.3 Å². The second-order valence-electron chi connectivity index (χ2n) is 5.73. The predicted molar refractivity (Wildman–Crippen MR) is 84.5 cm³/mol. The monoisotopic (exact) mass is 280 g/mol. The van der Waals surface area contributed by atoms with Crippen LogP contribution in [0.2, 0.25) is 0 Å². The molecular formula is C18H20N2O. The van der Waals surface area contributed by atoms with Gasteiger partial charge in [-0.1, -0.05) is 23.8 Å². The van der Waals surface area contributed by atoms with E-state index < -0.39 is 6.10 Å². The van der Waals surface area contributed by atoms with Gasteiger partial charge in [0.25, 0.3) is 0 Å². The van der Waals surface area contributed by atoms with Crippen molar-refractivity contribution in [1.82, 2.24) is 9.38 Å². The molecule has 0 aliphatic carbocycles. The molecule has 3 aromatic rings. The van der Waals surface area contributed by atoms with Gasteiger partial charge in [0.05, 0.1) is 5.69 Å². The van der Waals surface area contributed by atoms with E-state index in [4.69, 9.17) is 0 Å². The number of imidazole rings is 1. The van der Waals surface area contributed by atoms with Crippen molar-refractivity contribution in [2.75, 3.05) is 0 Å². The predicted octanol–water partition coefficient (Wildman–Crippen LogP) is 3.54. The molecule has 0 amide bonds. The second-order valence-corrected chi connectivity index (χ2v) is 5.73. The van der Waals surface area contributed by atoms with Crippen LogP contribution >= 0.6 is 0 Å². The maximum atomic E-state index is 10.5. The van der Waals surface area contributed by atoms with Crippen LogP contribution in [0.4, 0.5) is 0 Å². The van der Waals surface area contributed by atoms with E-state index in [1.54, 1.807) is 0 Å². The average Bonchev–Trinajstić information content (AvgIpc) is 2.86. The Morgan fingerprint density at radius 3 is 2.52 bits per heavy atom. The number of nitrogens with zero attached hydrogens (tertiary/aromatic N) is 2. The molecule has 1 aromatic carbocycles. The Hall–Kier alpha value is -2.13. The molecule has 0 aliphatic rings. The summed E-state index contributed by atoms with van der Waals surface area (Å²) in [6.07, 6.45) is 3.87.